The molecule has 0 atom stereocenters. The zero-order valence-electron chi connectivity index (χ0n) is 6.46. The Labute approximate surface area is 69.7 Å². The van der Waals surface area contributed by atoms with Crippen molar-refractivity contribution < 1.29 is 4.39 Å². The van der Waals surface area contributed by atoms with Gasteiger partial charge in [0.25, 0.3) is 0 Å². The average molecular weight is 174 g/mol. The van der Waals surface area contributed by atoms with Gasteiger partial charge >= 0.3 is 0 Å². The Hall–Kier alpha value is -0.480. The molecule has 0 aliphatic rings. The number of aromatic nitrogens is 1. The minimum atomic E-state index is -0.291. The lowest BCUT2D eigenvalue weighted by molar-refractivity contribution is 0.286. The molecule has 4 heteroatoms. The molecule has 0 radical (unpaired) electrons. The van der Waals surface area contributed by atoms with Crippen molar-refractivity contribution in [2.75, 3.05) is 20.3 Å². The third kappa shape index (κ3) is 2.95. The van der Waals surface area contributed by atoms with Gasteiger partial charge in [-0.2, -0.15) is 0 Å². The maximum atomic E-state index is 11.8. The topological polar surface area (TPSA) is 16.1 Å². The van der Waals surface area contributed by atoms with Gasteiger partial charge in [-0.15, -0.1) is 11.3 Å². The molecule has 0 saturated carbocycles. The predicted molar refractivity (Wildman–Crippen MR) is 44.4 cm³/mol. The number of hydrogen-bond acceptors (Lipinski definition) is 3. The van der Waals surface area contributed by atoms with Crippen molar-refractivity contribution in [3.63, 3.8) is 0 Å². The number of halogens is 1. The molecule has 62 valence electrons. The summed E-state index contributed by atoms with van der Waals surface area (Å²) in [5.74, 6) is 0. The monoisotopic (exact) mass is 174 g/mol. The number of alkyl halides is 1. The van der Waals surface area contributed by atoms with Crippen molar-refractivity contribution in [3.05, 3.63) is 16.6 Å². The van der Waals surface area contributed by atoms with Crippen LogP contribution in [0.2, 0.25) is 0 Å². The Morgan fingerprint density at radius 3 is 3.09 bits per heavy atom. The first-order valence-electron chi connectivity index (χ1n) is 3.44. The third-order valence-corrected chi connectivity index (χ3v) is 2.02. The molecule has 0 saturated heterocycles. The Morgan fingerprint density at radius 1 is 1.73 bits per heavy atom. The van der Waals surface area contributed by atoms with Crippen molar-refractivity contribution in [1.82, 2.24) is 9.88 Å². The van der Waals surface area contributed by atoms with Crippen LogP contribution in [-0.4, -0.2) is 30.2 Å². The molecule has 1 aromatic rings. The molecule has 0 aliphatic carbocycles. The molecule has 0 unspecified atom stereocenters. The lowest BCUT2D eigenvalue weighted by Gasteiger charge is -2.11. The summed E-state index contributed by atoms with van der Waals surface area (Å²) in [6, 6.07) is 0. The number of hydrogen-bond donors (Lipinski definition) is 0. The van der Waals surface area contributed by atoms with E-state index in [-0.39, 0.29) is 6.67 Å². The van der Waals surface area contributed by atoms with Crippen LogP contribution in [0.3, 0.4) is 0 Å². The van der Waals surface area contributed by atoms with E-state index in [1.165, 1.54) is 0 Å². The van der Waals surface area contributed by atoms with Crippen molar-refractivity contribution in [2.24, 2.45) is 0 Å². The summed E-state index contributed by atoms with van der Waals surface area (Å²) in [5, 5.41) is 1.98. The van der Waals surface area contributed by atoms with Crippen LogP contribution < -0.4 is 0 Å². The predicted octanol–water partition coefficient (Wildman–Crippen LogP) is 1.54. The van der Waals surface area contributed by atoms with Crippen molar-refractivity contribution in [2.45, 2.75) is 6.54 Å². The molecule has 0 bridgehead atoms. The lowest BCUT2D eigenvalue weighted by Crippen LogP contribution is -2.20. The van der Waals surface area contributed by atoms with E-state index < -0.39 is 0 Å². The highest BCUT2D eigenvalue weighted by Gasteiger charge is 1.99. The molecule has 0 amide bonds. The minimum Gasteiger partial charge on any atom is -0.298 e. The van der Waals surface area contributed by atoms with E-state index in [0.717, 1.165) is 12.2 Å². The molecule has 11 heavy (non-hydrogen) atoms. The molecule has 1 aromatic heterocycles. The normalized spacial score (nSPS) is 10.8. The summed E-state index contributed by atoms with van der Waals surface area (Å²) in [5.41, 5.74) is 2.81. The van der Waals surface area contributed by atoms with Gasteiger partial charge in [0.15, 0.2) is 0 Å². The maximum Gasteiger partial charge on any atom is 0.102 e. The van der Waals surface area contributed by atoms with Gasteiger partial charge < -0.3 is 0 Å². The SMILES string of the molecule is CN(CCF)Cc1cscn1. The van der Waals surface area contributed by atoms with Crippen LogP contribution in [0.15, 0.2) is 10.9 Å². The molecular formula is C7H11FN2S. The number of thiazole rings is 1. The molecule has 1 heterocycles. The zero-order valence-corrected chi connectivity index (χ0v) is 7.27. The average Bonchev–Trinajstić information content (AvgIpc) is 2.40. The van der Waals surface area contributed by atoms with Crippen LogP contribution >= 0.6 is 11.3 Å². The fraction of sp³-hybridized carbons (Fsp3) is 0.571. The standard InChI is InChI=1S/C7H11FN2S/c1-10(3-2-8)4-7-5-11-6-9-7/h5-6H,2-4H2,1H3. The van der Waals surface area contributed by atoms with E-state index in [2.05, 4.69) is 4.98 Å². The smallest absolute Gasteiger partial charge is 0.102 e. The maximum absolute atomic E-state index is 11.8. The Morgan fingerprint density at radius 2 is 2.55 bits per heavy atom. The van der Waals surface area contributed by atoms with E-state index in [1.54, 1.807) is 16.8 Å². The van der Waals surface area contributed by atoms with Crippen LogP contribution in [0.25, 0.3) is 0 Å². The first-order chi connectivity index (χ1) is 5.33. The molecule has 0 N–H and O–H groups in total. The summed E-state index contributed by atoms with van der Waals surface area (Å²) in [6.07, 6.45) is 0. The van der Waals surface area contributed by atoms with Gasteiger partial charge in [-0.05, 0) is 7.05 Å². The van der Waals surface area contributed by atoms with Gasteiger partial charge in [0.1, 0.15) is 6.67 Å². The van der Waals surface area contributed by atoms with Gasteiger partial charge in [0.05, 0.1) is 11.2 Å². The van der Waals surface area contributed by atoms with Gasteiger partial charge in [0.2, 0.25) is 0 Å². The van der Waals surface area contributed by atoms with E-state index in [0.29, 0.717) is 6.54 Å². The van der Waals surface area contributed by atoms with Crippen molar-refractivity contribution in [3.8, 4) is 0 Å². The van der Waals surface area contributed by atoms with E-state index >= 15 is 0 Å². The van der Waals surface area contributed by atoms with Crippen LogP contribution in [-0.2, 0) is 6.54 Å². The second-order valence-electron chi connectivity index (χ2n) is 2.41. The first-order valence-corrected chi connectivity index (χ1v) is 4.39. The molecular weight excluding hydrogens is 163 g/mol. The molecule has 0 fully saturated rings. The Balaban J connectivity index is 2.31. The quantitative estimate of drug-likeness (QED) is 0.688. The number of nitrogens with zero attached hydrogens (tertiary/aromatic N) is 2. The molecule has 1 rings (SSSR count). The minimum absolute atomic E-state index is 0.291. The van der Waals surface area contributed by atoms with E-state index in [9.17, 15) is 4.39 Å². The largest absolute Gasteiger partial charge is 0.298 e. The van der Waals surface area contributed by atoms with Crippen LogP contribution in [0.1, 0.15) is 5.69 Å². The van der Waals surface area contributed by atoms with Crippen LogP contribution in [0, 0.1) is 0 Å². The summed E-state index contributed by atoms with van der Waals surface area (Å²) in [4.78, 5) is 6.00. The zero-order chi connectivity index (χ0) is 8.10. The highest BCUT2D eigenvalue weighted by molar-refractivity contribution is 7.07. The fourth-order valence-corrected chi connectivity index (χ4v) is 1.37. The van der Waals surface area contributed by atoms with Crippen molar-refractivity contribution >= 4 is 11.3 Å². The second kappa shape index (κ2) is 4.41. The highest BCUT2D eigenvalue weighted by Crippen LogP contribution is 2.03. The first kappa shape index (κ1) is 8.62. The Bertz CT molecular complexity index is 188. The lowest BCUT2D eigenvalue weighted by atomic mass is 10.4. The summed E-state index contributed by atoms with van der Waals surface area (Å²) >= 11 is 1.57. The summed E-state index contributed by atoms with van der Waals surface area (Å²) in [6.45, 7) is 0.936. The molecule has 0 aromatic carbocycles. The number of rotatable bonds is 4. The highest BCUT2D eigenvalue weighted by atomic mass is 32.1. The third-order valence-electron chi connectivity index (χ3n) is 1.38. The molecule has 2 nitrogen and oxygen atoms in total. The second-order valence-corrected chi connectivity index (χ2v) is 3.13. The fourth-order valence-electron chi connectivity index (χ4n) is 0.815. The van der Waals surface area contributed by atoms with Gasteiger partial charge in [-0.25, -0.2) is 9.37 Å². The van der Waals surface area contributed by atoms with Crippen molar-refractivity contribution in [1.29, 1.82) is 0 Å². The van der Waals surface area contributed by atoms with Gasteiger partial charge in [0, 0.05) is 18.5 Å². The van der Waals surface area contributed by atoms with Crippen LogP contribution in [0.5, 0.6) is 0 Å². The summed E-state index contributed by atoms with van der Waals surface area (Å²) < 4.78 is 11.8. The van der Waals surface area contributed by atoms with E-state index in [1.807, 2.05) is 17.3 Å². The Kier molecular flexibility index (Phi) is 3.45. The van der Waals surface area contributed by atoms with Gasteiger partial charge in [-0.1, -0.05) is 0 Å². The molecule has 0 spiro atoms. The molecule has 0 aliphatic heterocycles. The van der Waals surface area contributed by atoms with E-state index in [4.69, 9.17) is 0 Å². The van der Waals surface area contributed by atoms with Gasteiger partial charge in [-0.3, -0.25) is 4.90 Å². The van der Waals surface area contributed by atoms with Crippen LogP contribution in [0.4, 0.5) is 4.39 Å². The summed E-state index contributed by atoms with van der Waals surface area (Å²) in [7, 11) is 1.89.